The van der Waals surface area contributed by atoms with Crippen LogP contribution in [0.15, 0.2) is 16.8 Å². The number of thiophene rings is 1. The van der Waals surface area contributed by atoms with E-state index in [1.807, 2.05) is 11.3 Å². The summed E-state index contributed by atoms with van der Waals surface area (Å²) < 4.78 is 0. The lowest BCUT2D eigenvalue weighted by Gasteiger charge is -2.34. The molecule has 0 aromatic carbocycles. The lowest BCUT2D eigenvalue weighted by molar-refractivity contribution is 0.163. The van der Waals surface area contributed by atoms with Gasteiger partial charge in [-0.2, -0.15) is 11.3 Å². The van der Waals surface area contributed by atoms with Gasteiger partial charge in [0, 0.05) is 32.2 Å². The summed E-state index contributed by atoms with van der Waals surface area (Å²) in [6.45, 7) is 6.97. The Labute approximate surface area is 103 Å². The number of nitrogens with one attached hydrogen (secondary N) is 1. The van der Waals surface area contributed by atoms with Gasteiger partial charge in [0.2, 0.25) is 0 Å². The van der Waals surface area contributed by atoms with Gasteiger partial charge in [0.25, 0.3) is 0 Å². The van der Waals surface area contributed by atoms with Crippen molar-refractivity contribution in [3.63, 3.8) is 0 Å². The van der Waals surface area contributed by atoms with Gasteiger partial charge in [0.15, 0.2) is 0 Å². The SMILES string of the molecule is CCCC[C@H](c1ccsc1)N1CCNCC1. The number of hydrogen-bond donors (Lipinski definition) is 1. The highest BCUT2D eigenvalue weighted by Crippen LogP contribution is 2.28. The molecule has 1 fully saturated rings. The molecule has 1 aromatic rings. The maximum Gasteiger partial charge on any atom is 0.0357 e. The van der Waals surface area contributed by atoms with E-state index < -0.39 is 0 Å². The van der Waals surface area contributed by atoms with Crippen molar-refractivity contribution in [2.45, 2.75) is 32.2 Å². The van der Waals surface area contributed by atoms with Crippen LogP contribution in [0.2, 0.25) is 0 Å². The van der Waals surface area contributed by atoms with Crippen molar-refractivity contribution in [3.8, 4) is 0 Å². The second-order valence-electron chi connectivity index (χ2n) is 4.50. The third-order valence-corrected chi connectivity index (χ3v) is 4.05. The molecule has 1 aromatic heterocycles. The second kappa shape index (κ2) is 6.38. The molecule has 0 aliphatic carbocycles. The van der Waals surface area contributed by atoms with Crippen LogP contribution in [-0.2, 0) is 0 Å². The lowest BCUT2D eigenvalue weighted by Crippen LogP contribution is -2.45. The number of unbranched alkanes of at least 4 members (excludes halogenated alkanes) is 1. The molecule has 3 heteroatoms. The summed E-state index contributed by atoms with van der Waals surface area (Å²) in [6, 6.07) is 2.96. The summed E-state index contributed by atoms with van der Waals surface area (Å²) in [4.78, 5) is 2.65. The van der Waals surface area contributed by atoms with Crippen LogP contribution >= 0.6 is 11.3 Å². The maximum absolute atomic E-state index is 3.43. The first-order valence-corrected chi connectivity index (χ1v) is 7.33. The zero-order valence-electron chi connectivity index (χ0n) is 10.1. The zero-order chi connectivity index (χ0) is 11.2. The van der Waals surface area contributed by atoms with Crippen molar-refractivity contribution >= 4 is 11.3 Å². The second-order valence-corrected chi connectivity index (χ2v) is 5.28. The van der Waals surface area contributed by atoms with Crippen molar-refractivity contribution in [1.82, 2.24) is 10.2 Å². The van der Waals surface area contributed by atoms with Gasteiger partial charge in [0.1, 0.15) is 0 Å². The summed E-state index contributed by atoms with van der Waals surface area (Å²) in [5, 5.41) is 7.96. The first-order chi connectivity index (χ1) is 7.92. The van der Waals surface area contributed by atoms with E-state index in [9.17, 15) is 0 Å². The molecular formula is C13H22N2S. The van der Waals surface area contributed by atoms with Gasteiger partial charge >= 0.3 is 0 Å². The molecule has 0 radical (unpaired) electrons. The molecule has 0 spiro atoms. The van der Waals surface area contributed by atoms with Crippen molar-refractivity contribution < 1.29 is 0 Å². The zero-order valence-corrected chi connectivity index (χ0v) is 10.9. The topological polar surface area (TPSA) is 15.3 Å². The van der Waals surface area contributed by atoms with Crippen molar-refractivity contribution in [1.29, 1.82) is 0 Å². The number of piperazine rings is 1. The summed E-state index contributed by atoms with van der Waals surface area (Å²) >= 11 is 1.82. The normalized spacial score (nSPS) is 19.8. The highest BCUT2D eigenvalue weighted by atomic mass is 32.1. The minimum Gasteiger partial charge on any atom is -0.314 e. The van der Waals surface area contributed by atoms with E-state index in [2.05, 4.69) is 34.0 Å². The van der Waals surface area contributed by atoms with Crippen LogP contribution in [0.5, 0.6) is 0 Å². The average Bonchev–Trinajstić information content (AvgIpc) is 2.85. The minimum atomic E-state index is 0.660. The third kappa shape index (κ3) is 3.06. The highest BCUT2D eigenvalue weighted by Gasteiger charge is 2.21. The summed E-state index contributed by atoms with van der Waals surface area (Å²) in [7, 11) is 0. The molecule has 1 atom stereocenters. The quantitative estimate of drug-likeness (QED) is 0.848. The predicted molar refractivity (Wildman–Crippen MR) is 71.0 cm³/mol. The standard InChI is InChI=1S/C13H22N2S/c1-2-3-4-13(12-5-10-16-11-12)15-8-6-14-7-9-15/h5,10-11,13-14H,2-4,6-9H2,1H3/t13-/m1/s1. The fourth-order valence-electron chi connectivity index (χ4n) is 2.42. The molecule has 2 heterocycles. The van der Waals surface area contributed by atoms with Crippen molar-refractivity contribution in [2.24, 2.45) is 0 Å². The molecule has 0 unspecified atom stereocenters. The molecule has 2 nitrogen and oxygen atoms in total. The summed E-state index contributed by atoms with van der Waals surface area (Å²) in [5.41, 5.74) is 1.53. The summed E-state index contributed by atoms with van der Waals surface area (Å²) in [5.74, 6) is 0. The largest absolute Gasteiger partial charge is 0.314 e. The van der Waals surface area contributed by atoms with Crippen LogP contribution in [0.25, 0.3) is 0 Å². The van der Waals surface area contributed by atoms with Crippen LogP contribution in [0, 0.1) is 0 Å². The van der Waals surface area contributed by atoms with Crippen LogP contribution in [-0.4, -0.2) is 31.1 Å². The Kier molecular flexibility index (Phi) is 4.82. The van der Waals surface area contributed by atoms with E-state index in [1.54, 1.807) is 0 Å². The molecular weight excluding hydrogens is 216 g/mol. The van der Waals surface area contributed by atoms with Crippen molar-refractivity contribution in [3.05, 3.63) is 22.4 Å². The van der Waals surface area contributed by atoms with E-state index >= 15 is 0 Å². The Morgan fingerprint density at radius 2 is 2.25 bits per heavy atom. The van der Waals surface area contributed by atoms with Crippen LogP contribution in [0.1, 0.15) is 37.8 Å². The molecule has 16 heavy (non-hydrogen) atoms. The van der Waals surface area contributed by atoms with Gasteiger partial charge in [-0.1, -0.05) is 19.8 Å². The first-order valence-electron chi connectivity index (χ1n) is 6.38. The molecule has 1 N–H and O–H groups in total. The van der Waals surface area contributed by atoms with Gasteiger partial charge in [-0.05, 0) is 28.8 Å². The average molecular weight is 238 g/mol. The van der Waals surface area contributed by atoms with Gasteiger partial charge in [-0.25, -0.2) is 0 Å². The first kappa shape index (κ1) is 12.1. The van der Waals surface area contributed by atoms with Crippen molar-refractivity contribution in [2.75, 3.05) is 26.2 Å². The molecule has 1 aliphatic rings. The van der Waals surface area contributed by atoms with E-state index in [0.717, 1.165) is 13.1 Å². The molecule has 1 aliphatic heterocycles. The van der Waals surface area contributed by atoms with Gasteiger partial charge in [-0.15, -0.1) is 0 Å². The molecule has 0 amide bonds. The Bertz CT molecular complexity index is 278. The lowest BCUT2D eigenvalue weighted by atomic mass is 10.0. The van der Waals surface area contributed by atoms with Crippen LogP contribution in [0.4, 0.5) is 0 Å². The molecule has 0 bridgehead atoms. The fraction of sp³-hybridized carbons (Fsp3) is 0.692. The highest BCUT2D eigenvalue weighted by molar-refractivity contribution is 7.07. The molecule has 90 valence electrons. The maximum atomic E-state index is 3.43. The van der Waals surface area contributed by atoms with Crippen LogP contribution < -0.4 is 5.32 Å². The Balaban J connectivity index is 2.01. The van der Waals surface area contributed by atoms with Gasteiger partial charge in [-0.3, -0.25) is 4.90 Å². The Morgan fingerprint density at radius 1 is 1.44 bits per heavy atom. The van der Waals surface area contributed by atoms with Gasteiger partial charge in [0.05, 0.1) is 0 Å². The Morgan fingerprint density at radius 3 is 2.88 bits per heavy atom. The summed E-state index contributed by atoms with van der Waals surface area (Å²) in [6.07, 6.45) is 3.95. The predicted octanol–water partition coefficient (Wildman–Crippen LogP) is 2.88. The smallest absolute Gasteiger partial charge is 0.0357 e. The van der Waals surface area contributed by atoms with E-state index in [4.69, 9.17) is 0 Å². The van der Waals surface area contributed by atoms with E-state index in [0.29, 0.717) is 6.04 Å². The Hall–Kier alpha value is -0.380. The van der Waals surface area contributed by atoms with Gasteiger partial charge < -0.3 is 5.32 Å². The minimum absolute atomic E-state index is 0.660. The number of rotatable bonds is 5. The fourth-order valence-corrected chi connectivity index (χ4v) is 3.12. The van der Waals surface area contributed by atoms with Crippen LogP contribution in [0.3, 0.4) is 0 Å². The van der Waals surface area contributed by atoms with E-state index in [-0.39, 0.29) is 0 Å². The molecule has 1 saturated heterocycles. The number of nitrogens with zero attached hydrogens (tertiary/aromatic N) is 1. The van der Waals surface area contributed by atoms with E-state index in [1.165, 1.54) is 37.9 Å². The number of hydrogen-bond acceptors (Lipinski definition) is 3. The molecule has 2 rings (SSSR count). The monoisotopic (exact) mass is 238 g/mol. The third-order valence-electron chi connectivity index (χ3n) is 3.35. The molecule has 0 saturated carbocycles.